The molecule has 0 saturated carbocycles. The van der Waals surface area contributed by atoms with Gasteiger partial charge in [0.2, 0.25) is 5.91 Å². The van der Waals surface area contributed by atoms with Gasteiger partial charge in [-0.25, -0.2) is 0 Å². The number of carbonyl (C=O) groups is 1. The van der Waals surface area contributed by atoms with Gasteiger partial charge < -0.3 is 4.90 Å². The molecule has 0 aliphatic carbocycles. The Morgan fingerprint density at radius 1 is 0.938 bits per heavy atom. The zero-order valence-corrected chi connectivity index (χ0v) is 19.6. The summed E-state index contributed by atoms with van der Waals surface area (Å²) in [5.74, 6) is 0.877. The number of nitrogens with zero attached hydrogens (tertiary/aromatic N) is 1. The molecule has 2 unspecified atom stereocenters. The monoisotopic (exact) mass is 423 g/mol. The molecule has 1 amide bonds. The molecule has 1 aliphatic rings. The first-order valence-electron chi connectivity index (χ1n) is 11.6. The zero-order chi connectivity index (χ0) is 22.7. The van der Waals surface area contributed by atoms with Gasteiger partial charge in [-0.1, -0.05) is 105 Å². The minimum Gasteiger partial charge on any atom is -0.312 e. The van der Waals surface area contributed by atoms with E-state index in [9.17, 15) is 4.79 Å². The van der Waals surface area contributed by atoms with Crippen LogP contribution in [0.2, 0.25) is 0 Å². The van der Waals surface area contributed by atoms with Crippen molar-refractivity contribution in [1.82, 2.24) is 0 Å². The third kappa shape index (κ3) is 4.55. The molecule has 0 bridgehead atoms. The number of carbonyl (C=O) groups excluding carboxylic acids is 1. The summed E-state index contributed by atoms with van der Waals surface area (Å²) in [7, 11) is 0. The fourth-order valence-corrected chi connectivity index (χ4v) is 4.77. The summed E-state index contributed by atoms with van der Waals surface area (Å²) in [4.78, 5) is 15.2. The van der Waals surface area contributed by atoms with Crippen LogP contribution in [0.1, 0.15) is 43.9 Å². The lowest BCUT2D eigenvalue weighted by molar-refractivity contribution is -0.125. The van der Waals surface area contributed by atoms with Crippen molar-refractivity contribution in [2.75, 3.05) is 11.4 Å². The first-order valence-corrected chi connectivity index (χ1v) is 11.6. The number of benzene rings is 3. The summed E-state index contributed by atoms with van der Waals surface area (Å²) in [5, 5.41) is 0. The first kappa shape index (κ1) is 22.1. The fraction of sp³-hybridized carbons (Fsp3) is 0.300. The zero-order valence-electron chi connectivity index (χ0n) is 19.6. The molecule has 2 heteroatoms. The number of anilines is 1. The van der Waals surface area contributed by atoms with E-state index >= 15 is 0 Å². The average molecular weight is 424 g/mol. The molecule has 1 heterocycles. The van der Waals surface area contributed by atoms with Crippen LogP contribution < -0.4 is 4.90 Å². The molecule has 2 nitrogen and oxygen atoms in total. The Morgan fingerprint density at radius 2 is 1.50 bits per heavy atom. The third-order valence-electron chi connectivity index (χ3n) is 6.84. The summed E-state index contributed by atoms with van der Waals surface area (Å²) < 4.78 is 0. The number of hydrogen-bond acceptors (Lipinski definition) is 1. The van der Waals surface area contributed by atoms with Crippen LogP contribution in [0.4, 0.5) is 5.69 Å². The minimum absolute atomic E-state index is 0.228. The van der Waals surface area contributed by atoms with E-state index < -0.39 is 0 Å². The molecule has 1 fully saturated rings. The van der Waals surface area contributed by atoms with Crippen molar-refractivity contribution in [1.29, 1.82) is 0 Å². The lowest BCUT2D eigenvalue weighted by atomic mass is 9.76. The maximum absolute atomic E-state index is 13.2. The summed E-state index contributed by atoms with van der Waals surface area (Å²) in [5.41, 5.74) is 5.63. The topological polar surface area (TPSA) is 20.3 Å². The molecule has 2 atom stereocenters. The number of para-hydroxylation sites is 1. The van der Waals surface area contributed by atoms with Gasteiger partial charge >= 0.3 is 0 Å². The number of hydrogen-bond donors (Lipinski definition) is 0. The number of amides is 1. The lowest BCUT2D eigenvalue weighted by Gasteiger charge is -2.25. The van der Waals surface area contributed by atoms with Gasteiger partial charge in [-0.15, -0.1) is 0 Å². The highest BCUT2D eigenvalue weighted by atomic mass is 16.2. The lowest BCUT2D eigenvalue weighted by Crippen LogP contribution is -2.31. The fourth-order valence-electron chi connectivity index (χ4n) is 4.77. The Hall–Kier alpha value is -3.13. The van der Waals surface area contributed by atoms with E-state index in [2.05, 4.69) is 88.4 Å². The van der Waals surface area contributed by atoms with Gasteiger partial charge in [0.05, 0.1) is 0 Å². The van der Waals surface area contributed by atoms with Gasteiger partial charge in [-0.05, 0) is 54.0 Å². The highest BCUT2D eigenvalue weighted by molar-refractivity contribution is 5.99. The van der Waals surface area contributed by atoms with Crippen LogP contribution in [-0.4, -0.2) is 12.5 Å². The SMILES string of the molecule is Cc1ccc(C(=CC(C)CC2CN(c3ccccc3)C(=O)C2(C)C)c2ccccc2)cc1. The first-order chi connectivity index (χ1) is 15.4. The van der Waals surface area contributed by atoms with E-state index in [1.54, 1.807) is 0 Å². The summed E-state index contributed by atoms with van der Waals surface area (Å²) in [6.45, 7) is 9.40. The van der Waals surface area contributed by atoms with Crippen molar-refractivity contribution in [3.05, 3.63) is 108 Å². The molecule has 0 spiro atoms. The van der Waals surface area contributed by atoms with Crippen molar-refractivity contribution in [3.8, 4) is 0 Å². The van der Waals surface area contributed by atoms with Crippen molar-refractivity contribution >= 4 is 17.2 Å². The molecule has 4 rings (SSSR count). The van der Waals surface area contributed by atoms with Crippen molar-refractivity contribution in [3.63, 3.8) is 0 Å². The maximum atomic E-state index is 13.2. The van der Waals surface area contributed by atoms with Crippen LogP contribution in [0.3, 0.4) is 0 Å². The number of aryl methyl sites for hydroxylation is 1. The standard InChI is InChI=1S/C30H33NO/c1-22-15-17-25(18-16-22)28(24-11-7-5-8-12-24)20-23(2)19-26-21-31(29(32)30(26,3)4)27-13-9-6-10-14-27/h5-18,20,23,26H,19,21H2,1-4H3. The Bertz CT molecular complexity index is 1080. The largest absolute Gasteiger partial charge is 0.312 e. The van der Waals surface area contributed by atoms with E-state index in [0.717, 1.165) is 18.7 Å². The Balaban J connectivity index is 1.60. The number of allylic oxidation sites excluding steroid dienone is 1. The second-order valence-corrected chi connectivity index (χ2v) is 9.70. The van der Waals surface area contributed by atoms with Crippen LogP contribution in [0.25, 0.3) is 5.57 Å². The van der Waals surface area contributed by atoms with Crippen LogP contribution >= 0.6 is 0 Å². The maximum Gasteiger partial charge on any atom is 0.232 e. The van der Waals surface area contributed by atoms with Gasteiger partial charge in [0, 0.05) is 17.6 Å². The minimum atomic E-state index is -0.366. The number of rotatable bonds is 6. The van der Waals surface area contributed by atoms with Crippen molar-refractivity contribution < 1.29 is 4.79 Å². The molecule has 32 heavy (non-hydrogen) atoms. The van der Waals surface area contributed by atoms with Gasteiger partial charge in [-0.2, -0.15) is 0 Å². The molecular formula is C30H33NO. The second-order valence-electron chi connectivity index (χ2n) is 9.70. The van der Waals surface area contributed by atoms with E-state index in [1.165, 1.54) is 22.3 Å². The van der Waals surface area contributed by atoms with Gasteiger partial charge in [0.1, 0.15) is 0 Å². The predicted molar refractivity (Wildman–Crippen MR) is 135 cm³/mol. The molecule has 0 N–H and O–H groups in total. The molecule has 1 saturated heterocycles. The molecule has 1 aliphatic heterocycles. The van der Waals surface area contributed by atoms with E-state index in [0.29, 0.717) is 11.8 Å². The molecule has 3 aromatic carbocycles. The Kier molecular flexibility index (Phi) is 6.32. The van der Waals surface area contributed by atoms with Crippen LogP contribution in [0, 0.1) is 24.2 Å². The van der Waals surface area contributed by atoms with E-state index in [-0.39, 0.29) is 11.3 Å². The highest BCUT2D eigenvalue weighted by Crippen LogP contribution is 2.42. The Morgan fingerprint density at radius 3 is 2.12 bits per heavy atom. The normalized spacial score (nSPS) is 19.2. The van der Waals surface area contributed by atoms with Crippen molar-refractivity contribution in [2.45, 2.75) is 34.1 Å². The van der Waals surface area contributed by atoms with Crippen molar-refractivity contribution in [2.24, 2.45) is 17.3 Å². The second kappa shape index (κ2) is 9.16. The average Bonchev–Trinajstić information content (AvgIpc) is 3.03. The van der Waals surface area contributed by atoms with E-state index in [4.69, 9.17) is 0 Å². The molecule has 0 radical (unpaired) electrons. The third-order valence-corrected chi connectivity index (χ3v) is 6.84. The summed E-state index contributed by atoms with van der Waals surface area (Å²) >= 11 is 0. The van der Waals surface area contributed by atoms with Gasteiger partial charge in [0.25, 0.3) is 0 Å². The van der Waals surface area contributed by atoms with Crippen LogP contribution in [0.5, 0.6) is 0 Å². The quantitative estimate of drug-likeness (QED) is 0.412. The van der Waals surface area contributed by atoms with Crippen LogP contribution in [0.15, 0.2) is 91.0 Å². The smallest absolute Gasteiger partial charge is 0.232 e. The van der Waals surface area contributed by atoms with Gasteiger partial charge in [0.15, 0.2) is 0 Å². The molecule has 164 valence electrons. The molecular weight excluding hydrogens is 390 g/mol. The highest BCUT2D eigenvalue weighted by Gasteiger charge is 2.47. The van der Waals surface area contributed by atoms with Gasteiger partial charge in [-0.3, -0.25) is 4.79 Å². The Labute approximate surface area is 192 Å². The summed E-state index contributed by atoms with van der Waals surface area (Å²) in [6, 6.07) is 29.4. The van der Waals surface area contributed by atoms with E-state index in [1.807, 2.05) is 35.2 Å². The summed E-state index contributed by atoms with van der Waals surface area (Å²) in [6.07, 6.45) is 3.37. The predicted octanol–water partition coefficient (Wildman–Crippen LogP) is 7.14. The van der Waals surface area contributed by atoms with Crippen LogP contribution in [-0.2, 0) is 4.79 Å². The molecule has 0 aromatic heterocycles. The molecule has 3 aromatic rings.